The highest BCUT2D eigenvalue weighted by Gasteiger charge is 2.27. The van der Waals surface area contributed by atoms with E-state index in [1.54, 1.807) is 22.5 Å². The van der Waals surface area contributed by atoms with Gasteiger partial charge < -0.3 is 14.8 Å². The molecule has 2 aliphatic rings. The molecule has 2 aromatic carbocycles. The molecule has 7 heteroatoms. The van der Waals surface area contributed by atoms with Gasteiger partial charge in [-0.25, -0.2) is 0 Å². The number of ether oxygens (including phenoxy) is 2. The zero-order valence-electron chi connectivity index (χ0n) is 14.7. The van der Waals surface area contributed by atoms with E-state index in [0.29, 0.717) is 36.1 Å². The number of aromatic nitrogens is 2. The van der Waals surface area contributed by atoms with Crippen molar-refractivity contribution in [2.45, 2.75) is 10.6 Å². The number of carbonyl (C=O) groups is 1. The minimum atomic E-state index is -0.219. The maximum Gasteiger partial charge on any atom is 0.276 e. The van der Waals surface area contributed by atoms with Crippen LogP contribution >= 0.6 is 11.8 Å². The molecule has 3 heterocycles. The Morgan fingerprint density at radius 3 is 2.85 bits per heavy atom. The van der Waals surface area contributed by atoms with Gasteiger partial charge in [-0.1, -0.05) is 18.2 Å². The highest BCUT2D eigenvalue weighted by Crippen LogP contribution is 2.42. The first-order chi connectivity index (χ1) is 13.2. The van der Waals surface area contributed by atoms with Gasteiger partial charge in [0.05, 0.1) is 5.69 Å². The Labute approximate surface area is 160 Å². The summed E-state index contributed by atoms with van der Waals surface area (Å²) in [6, 6.07) is 13.6. The van der Waals surface area contributed by atoms with Gasteiger partial charge in [-0.3, -0.25) is 9.48 Å². The average Bonchev–Trinajstić information content (AvgIpc) is 3.05. The van der Waals surface area contributed by atoms with E-state index in [1.165, 1.54) is 4.90 Å². The second-order valence-corrected chi connectivity index (χ2v) is 7.41. The van der Waals surface area contributed by atoms with Gasteiger partial charge in [-0.05, 0) is 18.2 Å². The maximum absolute atomic E-state index is 12.9. The topological polar surface area (TPSA) is 65.4 Å². The van der Waals surface area contributed by atoms with Crippen LogP contribution in [0, 0.1) is 0 Å². The van der Waals surface area contributed by atoms with Gasteiger partial charge >= 0.3 is 0 Å². The zero-order chi connectivity index (χ0) is 18.4. The van der Waals surface area contributed by atoms with Crippen LogP contribution in [0.1, 0.15) is 16.1 Å². The van der Waals surface area contributed by atoms with Crippen molar-refractivity contribution in [2.24, 2.45) is 7.05 Å². The zero-order valence-corrected chi connectivity index (χ0v) is 15.5. The average molecular weight is 379 g/mol. The Hall–Kier alpha value is -2.93. The van der Waals surface area contributed by atoms with Crippen LogP contribution in [0.2, 0.25) is 0 Å². The van der Waals surface area contributed by atoms with Gasteiger partial charge in [0.1, 0.15) is 13.2 Å². The lowest BCUT2D eigenvalue weighted by atomic mass is 10.1. The fraction of sp³-hybridized carbons (Fsp3) is 0.200. The van der Waals surface area contributed by atoms with Crippen LogP contribution in [-0.4, -0.2) is 28.9 Å². The lowest BCUT2D eigenvalue weighted by Gasteiger charge is -2.19. The number of fused-ring (bicyclic) bond motifs is 4. The molecule has 0 saturated heterocycles. The third kappa shape index (κ3) is 2.75. The van der Waals surface area contributed by atoms with Gasteiger partial charge in [-0.2, -0.15) is 5.10 Å². The minimum absolute atomic E-state index is 0.219. The van der Waals surface area contributed by atoms with Gasteiger partial charge in [0.15, 0.2) is 17.2 Å². The highest BCUT2D eigenvalue weighted by molar-refractivity contribution is 7.98. The summed E-state index contributed by atoms with van der Waals surface area (Å²) in [5.41, 5.74) is 4.22. The molecule has 6 nitrogen and oxygen atoms in total. The molecule has 27 heavy (non-hydrogen) atoms. The molecular formula is C20H17N3O3S. The Bertz CT molecular complexity index is 1060. The van der Waals surface area contributed by atoms with Crippen LogP contribution in [-0.2, 0) is 12.8 Å². The lowest BCUT2D eigenvalue weighted by Crippen LogP contribution is -2.17. The molecule has 1 aromatic heterocycles. The predicted octanol–water partition coefficient (Wildman–Crippen LogP) is 3.72. The van der Waals surface area contributed by atoms with Crippen LogP contribution < -0.4 is 14.8 Å². The van der Waals surface area contributed by atoms with Crippen molar-refractivity contribution in [3.63, 3.8) is 0 Å². The van der Waals surface area contributed by atoms with Gasteiger partial charge in [0, 0.05) is 40.6 Å². The van der Waals surface area contributed by atoms with E-state index < -0.39 is 0 Å². The van der Waals surface area contributed by atoms with E-state index in [0.717, 1.165) is 22.6 Å². The molecule has 0 bridgehead atoms. The Balaban J connectivity index is 1.47. The summed E-state index contributed by atoms with van der Waals surface area (Å²) in [6.45, 7) is 1.05. The van der Waals surface area contributed by atoms with Crippen LogP contribution in [0.5, 0.6) is 11.5 Å². The third-order valence-electron chi connectivity index (χ3n) is 4.67. The molecule has 0 radical (unpaired) electrons. The second kappa shape index (κ2) is 6.35. The summed E-state index contributed by atoms with van der Waals surface area (Å²) in [5.74, 6) is 1.85. The van der Waals surface area contributed by atoms with E-state index in [1.807, 2.05) is 31.3 Å². The standard InChI is InChI=1S/C20H17N3O3S/c1-23-19-13-4-2-3-5-17(13)27-11-14(19)18(22-23)20(24)21-12-6-7-15-16(10-12)26-9-8-25-15/h2-7,10H,8-9,11H2,1H3,(H,21,24). The van der Waals surface area contributed by atoms with Crippen LogP contribution in [0.25, 0.3) is 11.3 Å². The number of thioether (sulfide) groups is 1. The largest absolute Gasteiger partial charge is 0.486 e. The maximum atomic E-state index is 12.9. The van der Waals surface area contributed by atoms with Crippen molar-refractivity contribution in [1.29, 1.82) is 0 Å². The van der Waals surface area contributed by atoms with Gasteiger partial charge in [0.25, 0.3) is 5.91 Å². The van der Waals surface area contributed by atoms with Crippen molar-refractivity contribution in [3.8, 4) is 22.8 Å². The quantitative estimate of drug-likeness (QED) is 0.735. The lowest BCUT2D eigenvalue weighted by molar-refractivity contribution is 0.102. The minimum Gasteiger partial charge on any atom is -0.486 e. The summed E-state index contributed by atoms with van der Waals surface area (Å²) in [4.78, 5) is 14.1. The van der Waals surface area contributed by atoms with Crippen molar-refractivity contribution in [2.75, 3.05) is 18.5 Å². The Morgan fingerprint density at radius 2 is 1.96 bits per heavy atom. The van der Waals surface area contributed by atoms with Crippen LogP contribution in [0.3, 0.4) is 0 Å². The predicted molar refractivity (Wildman–Crippen MR) is 104 cm³/mol. The smallest absolute Gasteiger partial charge is 0.276 e. The molecule has 0 fully saturated rings. The van der Waals surface area contributed by atoms with E-state index in [4.69, 9.17) is 9.47 Å². The summed E-state index contributed by atoms with van der Waals surface area (Å²) in [5, 5.41) is 7.45. The molecule has 136 valence electrons. The van der Waals surface area contributed by atoms with E-state index in [2.05, 4.69) is 22.5 Å². The highest BCUT2D eigenvalue weighted by atomic mass is 32.2. The second-order valence-electron chi connectivity index (χ2n) is 6.40. The third-order valence-corrected chi connectivity index (χ3v) is 5.77. The molecule has 1 amide bonds. The van der Waals surface area contributed by atoms with Gasteiger partial charge in [0.2, 0.25) is 0 Å². The van der Waals surface area contributed by atoms with Crippen molar-refractivity contribution in [1.82, 2.24) is 9.78 Å². The fourth-order valence-electron chi connectivity index (χ4n) is 3.47. The summed E-state index contributed by atoms with van der Waals surface area (Å²) >= 11 is 1.73. The molecular weight excluding hydrogens is 362 g/mol. The number of hydrogen-bond acceptors (Lipinski definition) is 5. The van der Waals surface area contributed by atoms with Crippen molar-refractivity contribution >= 4 is 23.4 Å². The summed E-state index contributed by atoms with van der Waals surface area (Å²) in [6.07, 6.45) is 0. The number of carbonyl (C=O) groups excluding carboxylic acids is 1. The molecule has 0 unspecified atom stereocenters. The first-order valence-electron chi connectivity index (χ1n) is 8.70. The normalized spacial score (nSPS) is 14.3. The Morgan fingerprint density at radius 1 is 1.15 bits per heavy atom. The van der Waals surface area contributed by atoms with Crippen LogP contribution in [0.4, 0.5) is 5.69 Å². The number of rotatable bonds is 2. The number of hydrogen-bond donors (Lipinski definition) is 1. The number of aryl methyl sites for hydroxylation is 1. The Kier molecular flexibility index (Phi) is 3.82. The number of anilines is 1. The first kappa shape index (κ1) is 16.3. The molecule has 2 aliphatic heterocycles. The molecule has 0 spiro atoms. The van der Waals surface area contributed by atoms with Gasteiger partial charge in [-0.15, -0.1) is 11.8 Å². The summed E-state index contributed by atoms with van der Waals surface area (Å²) < 4.78 is 12.9. The molecule has 1 N–H and O–H groups in total. The van der Waals surface area contributed by atoms with E-state index in [-0.39, 0.29) is 5.91 Å². The first-order valence-corrected chi connectivity index (χ1v) is 9.68. The van der Waals surface area contributed by atoms with E-state index >= 15 is 0 Å². The SMILES string of the molecule is Cn1nc(C(=O)Nc2ccc3c(c2)OCCO3)c2c1-c1ccccc1SC2. The number of amides is 1. The van der Waals surface area contributed by atoms with E-state index in [9.17, 15) is 4.79 Å². The molecule has 0 saturated carbocycles. The monoisotopic (exact) mass is 379 g/mol. The molecule has 0 aliphatic carbocycles. The number of nitrogens with one attached hydrogen (secondary N) is 1. The fourth-order valence-corrected chi connectivity index (χ4v) is 4.54. The number of nitrogens with zero attached hydrogens (tertiary/aromatic N) is 2. The van der Waals surface area contributed by atoms with Crippen molar-refractivity contribution in [3.05, 3.63) is 53.7 Å². The molecule has 0 atom stereocenters. The summed E-state index contributed by atoms with van der Waals surface area (Å²) in [7, 11) is 1.88. The van der Waals surface area contributed by atoms with Crippen molar-refractivity contribution < 1.29 is 14.3 Å². The van der Waals surface area contributed by atoms with Crippen LogP contribution in [0.15, 0.2) is 47.4 Å². The molecule has 3 aromatic rings. The number of benzene rings is 2. The molecule has 5 rings (SSSR count).